The van der Waals surface area contributed by atoms with Gasteiger partial charge < -0.3 is 0 Å². The molecule has 0 N–H and O–H groups in total. The predicted molar refractivity (Wildman–Crippen MR) is 67.3 cm³/mol. The first kappa shape index (κ1) is 12.1. The van der Waals surface area contributed by atoms with Gasteiger partial charge >= 0.3 is 0 Å². The Morgan fingerprint density at radius 1 is 1.12 bits per heavy atom. The van der Waals surface area contributed by atoms with Crippen LogP contribution in [0.15, 0.2) is 0 Å². The van der Waals surface area contributed by atoms with E-state index in [4.69, 9.17) is 0 Å². The monoisotopic (exact) mass is 222 g/mol. The van der Waals surface area contributed by atoms with E-state index in [1.165, 1.54) is 25.7 Å². The minimum Gasteiger partial charge on any atom is -0.299 e. The number of hydrogen-bond acceptors (Lipinski definition) is 1. The summed E-state index contributed by atoms with van der Waals surface area (Å²) >= 11 is 0. The Labute approximate surface area is 100.0 Å². The topological polar surface area (TPSA) is 17.1 Å². The van der Waals surface area contributed by atoms with Gasteiger partial charge in [0.15, 0.2) is 0 Å². The lowest BCUT2D eigenvalue weighted by Gasteiger charge is -2.51. The van der Waals surface area contributed by atoms with E-state index in [0.717, 1.165) is 25.2 Å². The van der Waals surface area contributed by atoms with Gasteiger partial charge in [0.1, 0.15) is 5.78 Å². The summed E-state index contributed by atoms with van der Waals surface area (Å²) in [4.78, 5) is 12.1. The Bertz CT molecular complexity index is 267. The first-order valence-electron chi connectivity index (χ1n) is 7.03. The molecule has 0 radical (unpaired) electrons. The van der Waals surface area contributed by atoms with E-state index in [-0.39, 0.29) is 0 Å². The Morgan fingerprint density at radius 3 is 2.56 bits per heavy atom. The van der Waals surface area contributed by atoms with Crippen LogP contribution in [-0.4, -0.2) is 5.78 Å². The second-order valence-electron chi connectivity index (χ2n) is 6.80. The van der Waals surface area contributed by atoms with Crippen molar-refractivity contribution in [3.8, 4) is 0 Å². The smallest absolute Gasteiger partial charge is 0.136 e. The van der Waals surface area contributed by atoms with Crippen LogP contribution in [0.1, 0.15) is 65.7 Å². The maximum Gasteiger partial charge on any atom is 0.136 e. The van der Waals surface area contributed by atoms with Gasteiger partial charge in [0.05, 0.1) is 0 Å². The number of ketones is 1. The van der Waals surface area contributed by atoms with Crippen molar-refractivity contribution in [1.29, 1.82) is 0 Å². The molecule has 0 amide bonds. The van der Waals surface area contributed by atoms with E-state index < -0.39 is 0 Å². The summed E-state index contributed by atoms with van der Waals surface area (Å²) in [5, 5.41) is 0. The highest BCUT2D eigenvalue weighted by molar-refractivity contribution is 5.82. The number of Topliss-reactive ketones (excluding diaryl/α,β-unsaturated/α-hetero) is 1. The van der Waals surface area contributed by atoms with E-state index in [9.17, 15) is 4.79 Å². The van der Waals surface area contributed by atoms with Gasteiger partial charge in [0.25, 0.3) is 0 Å². The van der Waals surface area contributed by atoms with E-state index in [1.807, 2.05) is 0 Å². The highest BCUT2D eigenvalue weighted by Gasteiger charge is 2.49. The van der Waals surface area contributed by atoms with E-state index in [0.29, 0.717) is 23.0 Å². The number of carbonyl (C=O) groups is 1. The summed E-state index contributed by atoms with van der Waals surface area (Å²) in [7, 11) is 0. The summed E-state index contributed by atoms with van der Waals surface area (Å²) in [5.74, 6) is 2.53. The molecule has 0 saturated heterocycles. The van der Waals surface area contributed by atoms with Gasteiger partial charge in [-0.05, 0) is 36.5 Å². The third kappa shape index (κ3) is 2.33. The van der Waals surface area contributed by atoms with Crippen molar-refractivity contribution in [2.75, 3.05) is 0 Å². The maximum absolute atomic E-state index is 12.1. The highest BCUT2D eigenvalue weighted by atomic mass is 16.1. The van der Waals surface area contributed by atoms with Crippen molar-refractivity contribution in [3.63, 3.8) is 0 Å². The van der Waals surface area contributed by atoms with Crippen LogP contribution in [0.4, 0.5) is 0 Å². The molecule has 1 heteroatoms. The Morgan fingerprint density at radius 2 is 1.88 bits per heavy atom. The lowest BCUT2D eigenvalue weighted by Crippen LogP contribution is -2.47. The molecule has 2 aliphatic carbocycles. The molecule has 92 valence electrons. The SMILES string of the molecule is C[C@H]1CCCCC(=O)C2CC(C)(C)C2CC1. The Hall–Kier alpha value is -0.330. The molecule has 0 spiro atoms. The van der Waals surface area contributed by atoms with Gasteiger partial charge in [-0.15, -0.1) is 0 Å². The molecular formula is C15H26O. The third-order valence-electron chi connectivity index (χ3n) is 4.99. The summed E-state index contributed by atoms with van der Waals surface area (Å²) < 4.78 is 0. The third-order valence-corrected chi connectivity index (χ3v) is 4.99. The summed E-state index contributed by atoms with van der Waals surface area (Å²) in [6.07, 6.45) is 8.32. The maximum atomic E-state index is 12.1. The molecule has 16 heavy (non-hydrogen) atoms. The van der Waals surface area contributed by atoms with Crippen LogP contribution in [0.3, 0.4) is 0 Å². The van der Waals surface area contributed by atoms with Crippen molar-refractivity contribution in [1.82, 2.24) is 0 Å². The zero-order valence-electron chi connectivity index (χ0n) is 11.1. The van der Waals surface area contributed by atoms with E-state index in [1.54, 1.807) is 0 Å². The summed E-state index contributed by atoms with van der Waals surface area (Å²) in [6, 6.07) is 0. The predicted octanol–water partition coefficient (Wildman–Crippen LogP) is 4.21. The van der Waals surface area contributed by atoms with Gasteiger partial charge in [0.2, 0.25) is 0 Å². The molecule has 0 bridgehead atoms. The molecule has 0 aromatic carbocycles. The molecule has 0 aliphatic heterocycles. The van der Waals surface area contributed by atoms with Gasteiger partial charge in [0, 0.05) is 12.3 Å². The van der Waals surface area contributed by atoms with Crippen LogP contribution < -0.4 is 0 Å². The second kappa shape index (κ2) is 4.50. The molecule has 2 aliphatic rings. The number of rotatable bonds is 0. The minimum absolute atomic E-state index is 0.417. The van der Waals surface area contributed by atoms with Crippen LogP contribution in [0, 0.1) is 23.2 Å². The first-order chi connectivity index (χ1) is 7.50. The molecular weight excluding hydrogens is 196 g/mol. The van der Waals surface area contributed by atoms with Crippen LogP contribution in [0.5, 0.6) is 0 Å². The molecule has 2 unspecified atom stereocenters. The summed E-state index contributed by atoms with van der Waals surface area (Å²) in [6.45, 7) is 7.07. The standard InChI is InChI=1S/C15H26O/c1-11-6-4-5-7-14(16)12-10-15(2,3)13(12)9-8-11/h11-13H,4-10H2,1-3H3/t11-,12?,13?/m0/s1. The molecule has 0 heterocycles. The van der Waals surface area contributed by atoms with Gasteiger partial charge in [-0.1, -0.05) is 40.0 Å². The zero-order valence-corrected chi connectivity index (χ0v) is 11.1. The Kier molecular flexibility index (Phi) is 3.42. The van der Waals surface area contributed by atoms with Gasteiger partial charge in [-0.2, -0.15) is 0 Å². The van der Waals surface area contributed by atoms with E-state index >= 15 is 0 Å². The molecule has 0 aromatic rings. The molecule has 2 fully saturated rings. The van der Waals surface area contributed by atoms with E-state index in [2.05, 4.69) is 20.8 Å². The quantitative estimate of drug-likeness (QED) is 0.600. The fourth-order valence-corrected chi connectivity index (χ4v) is 3.76. The lowest BCUT2D eigenvalue weighted by molar-refractivity contribution is -0.137. The van der Waals surface area contributed by atoms with Crippen molar-refractivity contribution in [2.24, 2.45) is 23.2 Å². The average Bonchev–Trinajstić information content (AvgIpc) is 2.20. The lowest BCUT2D eigenvalue weighted by atomic mass is 9.52. The normalized spacial score (nSPS) is 39.7. The van der Waals surface area contributed by atoms with Crippen LogP contribution >= 0.6 is 0 Å². The first-order valence-corrected chi connectivity index (χ1v) is 7.03. The second-order valence-corrected chi connectivity index (χ2v) is 6.80. The number of hydrogen-bond donors (Lipinski definition) is 0. The summed E-state index contributed by atoms with van der Waals surface area (Å²) in [5.41, 5.74) is 0.430. The number of fused-ring (bicyclic) bond motifs is 1. The highest BCUT2D eigenvalue weighted by Crippen LogP contribution is 2.54. The molecule has 2 saturated carbocycles. The largest absolute Gasteiger partial charge is 0.299 e. The van der Waals surface area contributed by atoms with Crippen LogP contribution in [-0.2, 0) is 4.79 Å². The van der Waals surface area contributed by atoms with Crippen molar-refractivity contribution in [2.45, 2.75) is 65.7 Å². The molecule has 3 atom stereocenters. The zero-order chi connectivity index (χ0) is 11.8. The van der Waals surface area contributed by atoms with Crippen molar-refractivity contribution in [3.05, 3.63) is 0 Å². The van der Waals surface area contributed by atoms with Crippen molar-refractivity contribution >= 4 is 5.78 Å². The van der Waals surface area contributed by atoms with Crippen LogP contribution in [0.25, 0.3) is 0 Å². The van der Waals surface area contributed by atoms with Crippen LogP contribution in [0.2, 0.25) is 0 Å². The molecule has 0 aromatic heterocycles. The van der Waals surface area contributed by atoms with Gasteiger partial charge in [-0.25, -0.2) is 0 Å². The van der Waals surface area contributed by atoms with Gasteiger partial charge in [-0.3, -0.25) is 4.79 Å². The number of carbonyl (C=O) groups excluding carboxylic acids is 1. The molecule has 1 nitrogen and oxygen atoms in total. The van der Waals surface area contributed by atoms with Crippen molar-refractivity contribution < 1.29 is 4.79 Å². The average molecular weight is 222 g/mol. The molecule has 2 rings (SSSR count). The Balaban J connectivity index is 2.02. The fourth-order valence-electron chi connectivity index (χ4n) is 3.76. The fraction of sp³-hybridized carbons (Fsp3) is 0.933. The minimum atomic E-state index is 0.417.